The Balaban J connectivity index is 2.14. The predicted molar refractivity (Wildman–Crippen MR) is 110 cm³/mol. The van der Waals surface area contributed by atoms with Crippen molar-refractivity contribution in [2.45, 2.75) is 58.7 Å². The zero-order valence-electron chi connectivity index (χ0n) is 15.8. The normalized spacial score (nSPS) is 18.9. The van der Waals surface area contributed by atoms with Gasteiger partial charge in [0, 0.05) is 5.54 Å². The Morgan fingerprint density at radius 1 is 0.958 bits per heavy atom. The van der Waals surface area contributed by atoms with Gasteiger partial charge in [-0.1, -0.05) is 103 Å². The van der Waals surface area contributed by atoms with Gasteiger partial charge in [-0.25, -0.2) is 0 Å². The molecule has 0 saturated heterocycles. The van der Waals surface area contributed by atoms with Crippen LogP contribution in [0.1, 0.15) is 54.5 Å². The average molecular weight is 335 g/mol. The maximum Gasteiger partial charge on any atom is 0.0953 e. The van der Waals surface area contributed by atoms with Crippen molar-refractivity contribution < 1.29 is 0 Å². The number of allylic oxidation sites excluding steroid dienone is 1. The molecule has 126 valence electrons. The van der Waals surface area contributed by atoms with E-state index in [-0.39, 0.29) is 0 Å². The highest BCUT2D eigenvalue weighted by atomic mass is 28.3. The molecule has 0 N–H and O–H groups in total. The summed E-state index contributed by atoms with van der Waals surface area (Å²) >= 11 is 0. The van der Waals surface area contributed by atoms with Crippen LogP contribution in [0.25, 0.3) is 6.08 Å². The zero-order chi connectivity index (χ0) is 17.3. The first-order valence-corrected chi connectivity index (χ1v) is 12.1. The van der Waals surface area contributed by atoms with E-state index in [1.54, 1.807) is 16.3 Å². The second-order valence-corrected chi connectivity index (χ2v) is 12.3. The summed E-state index contributed by atoms with van der Waals surface area (Å²) in [7, 11) is -1.66. The fourth-order valence-corrected chi connectivity index (χ4v) is 9.78. The molecular weight excluding hydrogens is 304 g/mol. The smallest absolute Gasteiger partial charge is 0.0675 e. The lowest BCUT2D eigenvalue weighted by Gasteiger charge is -2.37. The van der Waals surface area contributed by atoms with E-state index in [0.717, 1.165) is 0 Å². The van der Waals surface area contributed by atoms with Gasteiger partial charge in [0.25, 0.3) is 0 Å². The van der Waals surface area contributed by atoms with Gasteiger partial charge in [-0.2, -0.15) is 0 Å². The summed E-state index contributed by atoms with van der Waals surface area (Å²) in [6.45, 7) is 11.8. The van der Waals surface area contributed by atoms with E-state index in [9.17, 15) is 0 Å². The molecule has 0 radical (unpaired) electrons. The maximum absolute atomic E-state index is 2.63. The molecule has 0 fully saturated rings. The van der Waals surface area contributed by atoms with Gasteiger partial charge in [0.1, 0.15) is 0 Å². The molecule has 1 aliphatic rings. The molecule has 0 aliphatic heterocycles. The summed E-state index contributed by atoms with van der Waals surface area (Å²) in [4.78, 5) is 0. The standard InChI is InChI=1S/C23H30Si/c1-6-7-12-24(5,21-14-17(2)13-18(3)15-21)23-19(4)16-20-10-8-9-11-22(20)23/h8-11,13-16,23H,6-7,12H2,1-5H3. The molecule has 24 heavy (non-hydrogen) atoms. The molecule has 0 aromatic heterocycles. The van der Waals surface area contributed by atoms with E-state index in [4.69, 9.17) is 0 Å². The van der Waals surface area contributed by atoms with Crippen LogP contribution in [0.15, 0.2) is 48.0 Å². The molecule has 0 spiro atoms. The van der Waals surface area contributed by atoms with E-state index in [2.05, 4.69) is 82.8 Å². The summed E-state index contributed by atoms with van der Waals surface area (Å²) in [6, 6.07) is 17.7. The Morgan fingerprint density at radius 2 is 1.62 bits per heavy atom. The largest absolute Gasteiger partial charge is 0.0953 e. The van der Waals surface area contributed by atoms with Crippen LogP contribution in [0, 0.1) is 13.8 Å². The molecule has 3 rings (SSSR count). The van der Waals surface area contributed by atoms with E-state index in [1.807, 2.05) is 0 Å². The zero-order valence-corrected chi connectivity index (χ0v) is 16.8. The molecule has 1 aliphatic carbocycles. The summed E-state index contributed by atoms with van der Waals surface area (Å²) in [6.07, 6.45) is 5.05. The highest BCUT2D eigenvalue weighted by Crippen LogP contribution is 2.44. The van der Waals surface area contributed by atoms with Crippen molar-refractivity contribution >= 4 is 19.3 Å². The summed E-state index contributed by atoms with van der Waals surface area (Å²) in [5, 5.41) is 1.64. The Kier molecular flexibility index (Phi) is 4.82. The van der Waals surface area contributed by atoms with Crippen LogP contribution in [0.4, 0.5) is 0 Å². The van der Waals surface area contributed by atoms with Gasteiger partial charge in [0.05, 0.1) is 8.07 Å². The molecule has 0 bridgehead atoms. The molecule has 1 heteroatoms. The van der Waals surface area contributed by atoms with Crippen molar-refractivity contribution in [2.24, 2.45) is 0 Å². The third kappa shape index (κ3) is 3.02. The highest BCUT2D eigenvalue weighted by molar-refractivity contribution is 6.92. The first-order valence-electron chi connectivity index (χ1n) is 9.31. The number of rotatable bonds is 5. The van der Waals surface area contributed by atoms with Gasteiger partial charge in [-0.15, -0.1) is 0 Å². The molecular formula is C23H30Si. The lowest BCUT2D eigenvalue weighted by atomic mass is 10.1. The van der Waals surface area contributed by atoms with Crippen molar-refractivity contribution in [2.75, 3.05) is 0 Å². The predicted octanol–water partition coefficient (Wildman–Crippen LogP) is 6.13. The third-order valence-corrected chi connectivity index (χ3v) is 10.8. The molecule has 2 unspecified atom stereocenters. The molecule has 0 amide bonds. The minimum absolute atomic E-state index is 0.626. The van der Waals surface area contributed by atoms with Crippen molar-refractivity contribution in [1.82, 2.24) is 0 Å². The van der Waals surface area contributed by atoms with Crippen LogP contribution in [-0.4, -0.2) is 8.07 Å². The van der Waals surface area contributed by atoms with Crippen LogP contribution in [0.2, 0.25) is 12.6 Å². The summed E-state index contributed by atoms with van der Waals surface area (Å²) < 4.78 is 0. The van der Waals surface area contributed by atoms with Crippen LogP contribution in [0.5, 0.6) is 0 Å². The lowest BCUT2D eigenvalue weighted by molar-refractivity contribution is 0.856. The van der Waals surface area contributed by atoms with Crippen LogP contribution in [-0.2, 0) is 0 Å². The summed E-state index contributed by atoms with van der Waals surface area (Å²) in [5.74, 6) is 0. The first-order chi connectivity index (χ1) is 11.5. The van der Waals surface area contributed by atoms with Crippen LogP contribution < -0.4 is 5.19 Å². The van der Waals surface area contributed by atoms with Crippen molar-refractivity contribution in [3.63, 3.8) is 0 Å². The molecule has 2 aromatic rings. The van der Waals surface area contributed by atoms with Crippen LogP contribution in [0.3, 0.4) is 0 Å². The Morgan fingerprint density at radius 3 is 2.29 bits per heavy atom. The highest BCUT2D eigenvalue weighted by Gasteiger charge is 2.42. The average Bonchev–Trinajstić information content (AvgIpc) is 2.88. The van der Waals surface area contributed by atoms with Crippen molar-refractivity contribution in [3.05, 3.63) is 70.3 Å². The molecule has 0 saturated carbocycles. The van der Waals surface area contributed by atoms with Gasteiger partial charge < -0.3 is 0 Å². The summed E-state index contributed by atoms with van der Waals surface area (Å²) in [5.41, 5.74) is 8.03. The van der Waals surface area contributed by atoms with Gasteiger partial charge in [0.2, 0.25) is 0 Å². The topological polar surface area (TPSA) is 0 Å². The third-order valence-electron chi connectivity index (χ3n) is 5.71. The van der Waals surface area contributed by atoms with E-state index >= 15 is 0 Å². The quantitative estimate of drug-likeness (QED) is 0.577. The second kappa shape index (κ2) is 6.72. The molecule has 2 aromatic carbocycles. The molecule has 0 nitrogen and oxygen atoms in total. The Bertz CT molecular complexity index is 751. The lowest BCUT2D eigenvalue weighted by Crippen LogP contribution is -2.50. The van der Waals surface area contributed by atoms with Crippen molar-refractivity contribution in [1.29, 1.82) is 0 Å². The SMILES string of the molecule is CCCC[Si](C)(c1cc(C)cc(C)c1)C1C(C)=Cc2ccccc21. The van der Waals surface area contributed by atoms with Crippen molar-refractivity contribution in [3.8, 4) is 0 Å². The fourth-order valence-electron chi connectivity index (χ4n) is 4.63. The Hall–Kier alpha value is -1.60. The number of unbranched alkanes of at least 4 members (excludes halogenated alkanes) is 1. The van der Waals surface area contributed by atoms with Gasteiger partial charge in [-0.05, 0) is 31.9 Å². The van der Waals surface area contributed by atoms with Gasteiger partial charge in [0.15, 0.2) is 0 Å². The number of hydrogen-bond acceptors (Lipinski definition) is 0. The van der Waals surface area contributed by atoms with E-state index in [1.165, 1.54) is 35.6 Å². The second-order valence-electron chi connectivity index (χ2n) is 7.85. The number of hydrogen-bond donors (Lipinski definition) is 0. The molecule has 2 atom stereocenters. The maximum atomic E-state index is 2.63. The molecule has 0 heterocycles. The number of aryl methyl sites for hydroxylation is 2. The van der Waals surface area contributed by atoms with Gasteiger partial charge >= 0.3 is 0 Å². The van der Waals surface area contributed by atoms with E-state index in [0.29, 0.717) is 5.54 Å². The monoisotopic (exact) mass is 334 g/mol. The number of benzene rings is 2. The Labute approximate surface area is 148 Å². The minimum atomic E-state index is -1.66. The van der Waals surface area contributed by atoms with E-state index < -0.39 is 8.07 Å². The van der Waals surface area contributed by atoms with Crippen LogP contribution >= 0.6 is 0 Å². The van der Waals surface area contributed by atoms with Gasteiger partial charge in [-0.3, -0.25) is 0 Å². The first kappa shape index (κ1) is 17.2. The minimum Gasteiger partial charge on any atom is -0.0675 e. The number of fused-ring (bicyclic) bond motifs is 1. The fraction of sp³-hybridized carbons (Fsp3) is 0.391.